The van der Waals surface area contributed by atoms with Crippen LogP contribution in [0, 0.1) is 0 Å². The number of methoxy groups -OCH3 is 1. The van der Waals surface area contributed by atoms with Gasteiger partial charge in [-0.05, 0) is 41.1 Å². The van der Waals surface area contributed by atoms with Crippen LogP contribution < -0.4 is 10.1 Å². The van der Waals surface area contributed by atoms with Gasteiger partial charge in [-0.3, -0.25) is 4.79 Å². The van der Waals surface area contributed by atoms with E-state index in [0.717, 1.165) is 10.8 Å². The van der Waals surface area contributed by atoms with E-state index in [1.165, 1.54) is 12.0 Å². The van der Waals surface area contributed by atoms with Gasteiger partial charge in [0, 0.05) is 12.2 Å². The summed E-state index contributed by atoms with van der Waals surface area (Å²) in [6.45, 7) is -0.0325. The van der Waals surface area contributed by atoms with E-state index >= 15 is 0 Å². The Hall–Kier alpha value is -3.55. The highest BCUT2D eigenvalue weighted by molar-refractivity contribution is 6.32. The van der Waals surface area contributed by atoms with Crippen LogP contribution in [0.2, 0.25) is 5.02 Å². The Bertz CT molecular complexity index is 1220. The van der Waals surface area contributed by atoms with Crippen molar-refractivity contribution in [3.8, 4) is 11.5 Å². The Kier molecular flexibility index (Phi) is 6.30. The van der Waals surface area contributed by atoms with Crippen molar-refractivity contribution in [1.82, 2.24) is 4.90 Å². The topological polar surface area (TPSA) is 88.1 Å². The lowest BCUT2D eigenvalue weighted by Crippen LogP contribution is -2.31. The first-order chi connectivity index (χ1) is 15.5. The van der Waals surface area contributed by atoms with Gasteiger partial charge in [0.05, 0.1) is 30.9 Å². The summed E-state index contributed by atoms with van der Waals surface area (Å²) in [6.07, 6.45) is 0. The molecule has 1 amide bonds. The fourth-order valence-electron chi connectivity index (χ4n) is 3.51. The van der Waals surface area contributed by atoms with E-state index in [1.807, 2.05) is 42.5 Å². The molecule has 32 heavy (non-hydrogen) atoms. The molecule has 0 aromatic heterocycles. The second-order valence-corrected chi connectivity index (χ2v) is 7.58. The molecule has 1 heterocycles. The maximum Gasteiger partial charge on any atom is 0.337 e. The minimum Gasteiger partial charge on any atom is -0.466 e. The number of halogens is 1. The number of carbonyl (C=O) groups excluding carboxylic acids is 2. The predicted molar refractivity (Wildman–Crippen MR) is 122 cm³/mol. The van der Waals surface area contributed by atoms with Crippen molar-refractivity contribution in [3.63, 3.8) is 0 Å². The summed E-state index contributed by atoms with van der Waals surface area (Å²) in [7, 11) is 1.25. The zero-order chi connectivity index (χ0) is 22.7. The Balaban J connectivity index is 1.55. The zero-order valence-electron chi connectivity index (χ0n) is 17.3. The Morgan fingerprint density at radius 1 is 1.12 bits per heavy atom. The highest BCUT2D eigenvalue weighted by Gasteiger charge is 2.34. The lowest BCUT2D eigenvalue weighted by molar-refractivity contribution is -0.136. The number of hydrogen-bond donors (Lipinski definition) is 2. The number of amides is 1. The molecule has 0 spiro atoms. The minimum absolute atomic E-state index is 0.0608. The van der Waals surface area contributed by atoms with Crippen LogP contribution in [0.3, 0.4) is 0 Å². The molecule has 0 saturated heterocycles. The molecule has 0 bridgehead atoms. The molecule has 1 aliphatic heterocycles. The number of nitrogens with one attached hydrogen (secondary N) is 1. The van der Waals surface area contributed by atoms with E-state index < -0.39 is 11.9 Å². The van der Waals surface area contributed by atoms with Crippen molar-refractivity contribution < 1.29 is 24.2 Å². The molecule has 4 rings (SSSR count). The molecule has 3 aromatic carbocycles. The molecule has 0 unspecified atom stereocenters. The van der Waals surface area contributed by atoms with E-state index in [1.54, 1.807) is 18.2 Å². The molecule has 164 valence electrons. The average Bonchev–Trinajstić information content (AvgIpc) is 3.10. The molecule has 8 heteroatoms. The van der Waals surface area contributed by atoms with Gasteiger partial charge in [-0.15, -0.1) is 0 Å². The van der Waals surface area contributed by atoms with Crippen LogP contribution in [0.1, 0.15) is 0 Å². The number of anilines is 1. The molecule has 0 atom stereocenters. The lowest BCUT2D eigenvalue weighted by Gasteiger charge is -2.15. The summed E-state index contributed by atoms with van der Waals surface area (Å²) in [5.41, 5.74) is 0.805. The number of fused-ring (bicyclic) bond motifs is 1. The van der Waals surface area contributed by atoms with Crippen LogP contribution in [0.4, 0.5) is 5.69 Å². The number of β-amino-alcohol motifs (C(OH)–C–C–N with tert-alkyl or cyclic N) is 1. The summed E-state index contributed by atoms with van der Waals surface area (Å²) in [5, 5.41) is 14.6. The number of hydrogen-bond acceptors (Lipinski definition) is 6. The van der Waals surface area contributed by atoms with Crippen LogP contribution in [-0.2, 0) is 14.3 Å². The number of rotatable bonds is 7. The number of ether oxygens (including phenoxy) is 2. The fraction of sp³-hybridized carbons (Fsp3) is 0.167. The average molecular weight is 453 g/mol. The minimum atomic E-state index is -0.608. The van der Waals surface area contributed by atoms with Crippen LogP contribution in [-0.4, -0.2) is 48.7 Å². The highest BCUT2D eigenvalue weighted by atomic mass is 35.5. The fourth-order valence-corrected chi connectivity index (χ4v) is 3.73. The number of aliphatic hydroxyl groups is 1. The lowest BCUT2D eigenvalue weighted by atomic mass is 10.1. The van der Waals surface area contributed by atoms with Crippen molar-refractivity contribution in [2.45, 2.75) is 0 Å². The molecule has 7 nitrogen and oxygen atoms in total. The van der Waals surface area contributed by atoms with E-state index in [9.17, 15) is 9.59 Å². The molecule has 1 aliphatic rings. The third-order valence-corrected chi connectivity index (χ3v) is 5.40. The molecular weight excluding hydrogens is 432 g/mol. The van der Waals surface area contributed by atoms with Crippen molar-refractivity contribution in [2.75, 3.05) is 32.1 Å². The van der Waals surface area contributed by atoms with Gasteiger partial charge in [0.2, 0.25) is 0 Å². The molecule has 0 aliphatic carbocycles. The third kappa shape index (κ3) is 4.39. The molecule has 3 aromatic rings. The van der Waals surface area contributed by atoms with Crippen molar-refractivity contribution in [1.29, 1.82) is 0 Å². The van der Waals surface area contributed by atoms with Crippen LogP contribution in [0.5, 0.6) is 11.5 Å². The Labute approximate surface area is 189 Å². The summed E-state index contributed by atoms with van der Waals surface area (Å²) in [5.74, 6) is 0.0950. The van der Waals surface area contributed by atoms with E-state index in [2.05, 4.69) is 5.32 Å². The molecule has 0 fully saturated rings. The normalized spacial score (nSPS) is 13.6. The summed E-state index contributed by atoms with van der Waals surface area (Å²) >= 11 is 6.42. The number of carbonyl (C=O) groups is 2. The number of nitrogens with zero attached hydrogens (tertiary/aromatic N) is 1. The number of aliphatic hydroxyl groups excluding tert-OH is 1. The van der Waals surface area contributed by atoms with Gasteiger partial charge >= 0.3 is 5.97 Å². The van der Waals surface area contributed by atoms with Gasteiger partial charge in [0.25, 0.3) is 5.91 Å². The predicted octanol–water partition coefficient (Wildman–Crippen LogP) is 3.96. The first kappa shape index (κ1) is 21.7. The highest BCUT2D eigenvalue weighted by Crippen LogP contribution is 2.34. The van der Waals surface area contributed by atoms with E-state index in [-0.39, 0.29) is 31.0 Å². The first-order valence-electron chi connectivity index (χ1n) is 9.95. The number of esters is 1. The van der Waals surface area contributed by atoms with Crippen molar-refractivity contribution in [2.24, 2.45) is 0 Å². The second kappa shape index (κ2) is 9.30. The summed E-state index contributed by atoms with van der Waals surface area (Å²) in [6, 6.07) is 18.7. The SMILES string of the molecule is COC(=O)C1=C(Nc2ccc(Oc3ccc4ccccc4c3)c(Cl)c2)C(=O)N(CCO)C1. The van der Waals surface area contributed by atoms with Crippen LogP contribution in [0.15, 0.2) is 71.9 Å². The molecular formula is C24H21ClN2O5. The Morgan fingerprint density at radius 2 is 1.91 bits per heavy atom. The van der Waals surface area contributed by atoms with Gasteiger partial charge in [-0.25, -0.2) is 4.79 Å². The molecule has 0 saturated carbocycles. The Morgan fingerprint density at radius 3 is 2.62 bits per heavy atom. The summed E-state index contributed by atoms with van der Waals surface area (Å²) in [4.78, 5) is 26.1. The van der Waals surface area contributed by atoms with Crippen LogP contribution >= 0.6 is 11.6 Å². The molecule has 0 radical (unpaired) electrons. The van der Waals surface area contributed by atoms with Crippen LogP contribution in [0.25, 0.3) is 10.8 Å². The van der Waals surface area contributed by atoms with Gasteiger partial charge in [0.1, 0.15) is 17.2 Å². The molecule has 2 N–H and O–H groups in total. The van der Waals surface area contributed by atoms with Crippen molar-refractivity contribution in [3.05, 3.63) is 77.0 Å². The first-order valence-corrected chi connectivity index (χ1v) is 10.3. The van der Waals surface area contributed by atoms with Gasteiger partial charge < -0.3 is 24.8 Å². The van der Waals surface area contributed by atoms with Gasteiger partial charge in [-0.1, -0.05) is 41.9 Å². The largest absolute Gasteiger partial charge is 0.466 e. The quantitative estimate of drug-likeness (QED) is 0.527. The van der Waals surface area contributed by atoms with Gasteiger partial charge in [-0.2, -0.15) is 0 Å². The number of benzene rings is 3. The van der Waals surface area contributed by atoms with Crippen molar-refractivity contribution >= 4 is 39.9 Å². The maximum atomic E-state index is 12.7. The van der Waals surface area contributed by atoms with E-state index in [4.69, 9.17) is 26.2 Å². The third-order valence-electron chi connectivity index (χ3n) is 5.10. The standard InChI is InChI=1S/C24H21ClN2O5/c1-31-24(30)19-14-27(10-11-28)23(29)22(19)26-17-7-9-21(20(25)13-17)32-18-8-6-15-4-2-3-5-16(15)12-18/h2-9,12-13,26,28H,10-11,14H2,1H3. The van der Waals surface area contributed by atoms with E-state index in [0.29, 0.717) is 22.2 Å². The summed E-state index contributed by atoms with van der Waals surface area (Å²) < 4.78 is 10.7. The second-order valence-electron chi connectivity index (χ2n) is 7.18. The maximum absolute atomic E-state index is 12.7. The zero-order valence-corrected chi connectivity index (χ0v) is 18.1. The smallest absolute Gasteiger partial charge is 0.337 e. The van der Waals surface area contributed by atoms with Gasteiger partial charge in [0.15, 0.2) is 0 Å². The monoisotopic (exact) mass is 452 g/mol.